The van der Waals surface area contributed by atoms with E-state index in [1.807, 2.05) is 0 Å². The molecule has 0 aliphatic heterocycles. The van der Waals surface area contributed by atoms with Gasteiger partial charge in [0.2, 0.25) is 0 Å². The van der Waals surface area contributed by atoms with Crippen LogP contribution >= 0.6 is 0 Å². The average molecular weight is 220 g/mol. The van der Waals surface area contributed by atoms with Gasteiger partial charge in [-0.05, 0) is 40.2 Å². The number of benzene rings is 1. The SMILES string of the molecule is Cc1ccc(C(NC(C)C)NC(C)C)cc1. The normalized spacial score (nSPS) is 11.8. The molecule has 0 fully saturated rings. The fourth-order valence-corrected chi connectivity index (χ4v) is 1.67. The van der Waals surface area contributed by atoms with Crippen LogP contribution in [0.5, 0.6) is 0 Å². The highest BCUT2D eigenvalue weighted by molar-refractivity contribution is 5.23. The van der Waals surface area contributed by atoms with Gasteiger partial charge in [-0.1, -0.05) is 29.8 Å². The molecule has 2 heteroatoms. The Balaban J connectivity index is 2.78. The van der Waals surface area contributed by atoms with Crippen LogP contribution in [0.1, 0.15) is 45.0 Å². The summed E-state index contributed by atoms with van der Waals surface area (Å²) in [6.07, 6.45) is 0.237. The highest BCUT2D eigenvalue weighted by atomic mass is 15.1. The van der Waals surface area contributed by atoms with Crippen LogP contribution in [-0.2, 0) is 0 Å². The molecule has 0 spiro atoms. The van der Waals surface area contributed by atoms with Crippen molar-refractivity contribution in [3.63, 3.8) is 0 Å². The predicted molar refractivity (Wildman–Crippen MR) is 70.5 cm³/mol. The Labute approximate surface area is 99.5 Å². The minimum Gasteiger partial charge on any atom is -0.296 e. The molecule has 2 N–H and O–H groups in total. The summed E-state index contributed by atoms with van der Waals surface area (Å²) in [6, 6.07) is 9.63. The smallest absolute Gasteiger partial charge is 0.0839 e. The Morgan fingerprint density at radius 1 is 0.812 bits per heavy atom. The van der Waals surface area contributed by atoms with E-state index in [2.05, 4.69) is 69.5 Å². The molecule has 0 unspecified atom stereocenters. The van der Waals surface area contributed by atoms with Crippen molar-refractivity contribution in [1.29, 1.82) is 0 Å². The summed E-state index contributed by atoms with van der Waals surface area (Å²) in [5.74, 6) is 0. The zero-order chi connectivity index (χ0) is 12.1. The lowest BCUT2D eigenvalue weighted by atomic mass is 10.1. The second-order valence-electron chi connectivity index (χ2n) is 4.99. The zero-order valence-corrected chi connectivity index (χ0v) is 11.0. The molecular formula is C14H24N2. The number of rotatable bonds is 5. The first-order chi connectivity index (χ1) is 7.49. The number of nitrogens with one attached hydrogen (secondary N) is 2. The van der Waals surface area contributed by atoms with Gasteiger partial charge in [0, 0.05) is 12.1 Å². The summed E-state index contributed by atoms with van der Waals surface area (Å²) >= 11 is 0. The molecule has 90 valence electrons. The zero-order valence-electron chi connectivity index (χ0n) is 11.0. The van der Waals surface area contributed by atoms with Crippen molar-refractivity contribution in [2.24, 2.45) is 0 Å². The van der Waals surface area contributed by atoms with Gasteiger partial charge in [0.05, 0.1) is 6.17 Å². The minimum absolute atomic E-state index is 0.237. The third-order valence-corrected chi connectivity index (χ3v) is 2.41. The van der Waals surface area contributed by atoms with E-state index >= 15 is 0 Å². The van der Waals surface area contributed by atoms with Crippen molar-refractivity contribution < 1.29 is 0 Å². The van der Waals surface area contributed by atoms with E-state index in [9.17, 15) is 0 Å². The molecular weight excluding hydrogens is 196 g/mol. The van der Waals surface area contributed by atoms with Gasteiger partial charge < -0.3 is 0 Å². The first kappa shape index (κ1) is 13.2. The molecule has 0 atom stereocenters. The van der Waals surface area contributed by atoms with Crippen molar-refractivity contribution in [1.82, 2.24) is 10.6 Å². The largest absolute Gasteiger partial charge is 0.296 e. The number of hydrogen-bond donors (Lipinski definition) is 2. The fraction of sp³-hybridized carbons (Fsp3) is 0.571. The average Bonchev–Trinajstić information content (AvgIpc) is 2.16. The van der Waals surface area contributed by atoms with E-state index in [1.165, 1.54) is 11.1 Å². The lowest BCUT2D eigenvalue weighted by Crippen LogP contribution is -2.41. The van der Waals surface area contributed by atoms with Crippen LogP contribution in [0.4, 0.5) is 0 Å². The van der Waals surface area contributed by atoms with Gasteiger partial charge in [-0.2, -0.15) is 0 Å². The molecule has 2 nitrogen and oxygen atoms in total. The topological polar surface area (TPSA) is 24.1 Å². The Kier molecular flexibility index (Phi) is 4.97. The molecule has 0 bridgehead atoms. The van der Waals surface area contributed by atoms with Crippen molar-refractivity contribution in [3.05, 3.63) is 35.4 Å². The Hall–Kier alpha value is -0.860. The molecule has 0 saturated carbocycles. The van der Waals surface area contributed by atoms with E-state index < -0.39 is 0 Å². The molecule has 0 amide bonds. The van der Waals surface area contributed by atoms with E-state index in [0.717, 1.165) is 0 Å². The number of hydrogen-bond acceptors (Lipinski definition) is 2. The number of aryl methyl sites for hydroxylation is 1. The maximum atomic E-state index is 3.54. The van der Waals surface area contributed by atoms with Gasteiger partial charge >= 0.3 is 0 Å². The summed E-state index contributed by atoms with van der Waals surface area (Å²) in [7, 11) is 0. The summed E-state index contributed by atoms with van der Waals surface area (Å²) in [5.41, 5.74) is 2.60. The highest BCUT2D eigenvalue weighted by Gasteiger charge is 2.12. The van der Waals surface area contributed by atoms with Crippen LogP contribution in [0.3, 0.4) is 0 Å². The molecule has 1 rings (SSSR count). The minimum atomic E-state index is 0.237. The van der Waals surface area contributed by atoms with Gasteiger partial charge in [0.1, 0.15) is 0 Å². The van der Waals surface area contributed by atoms with Gasteiger partial charge in [-0.15, -0.1) is 0 Å². The lowest BCUT2D eigenvalue weighted by Gasteiger charge is -2.25. The van der Waals surface area contributed by atoms with E-state index in [1.54, 1.807) is 0 Å². The molecule has 0 aliphatic rings. The second kappa shape index (κ2) is 6.02. The van der Waals surface area contributed by atoms with Gasteiger partial charge in [-0.3, -0.25) is 10.6 Å². The first-order valence-electron chi connectivity index (χ1n) is 6.07. The Morgan fingerprint density at radius 2 is 1.25 bits per heavy atom. The fourth-order valence-electron chi connectivity index (χ4n) is 1.67. The predicted octanol–water partition coefficient (Wildman–Crippen LogP) is 2.99. The van der Waals surface area contributed by atoms with Gasteiger partial charge in [0.25, 0.3) is 0 Å². The second-order valence-corrected chi connectivity index (χ2v) is 4.99. The van der Waals surface area contributed by atoms with Crippen LogP contribution < -0.4 is 10.6 Å². The Bertz CT molecular complexity index is 291. The van der Waals surface area contributed by atoms with E-state index in [4.69, 9.17) is 0 Å². The molecule has 0 radical (unpaired) electrons. The molecule has 1 aromatic rings. The third kappa shape index (κ3) is 4.33. The molecule has 1 aromatic carbocycles. The van der Waals surface area contributed by atoms with Crippen LogP contribution in [0.15, 0.2) is 24.3 Å². The summed E-state index contributed by atoms with van der Waals surface area (Å²) in [5, 5.41) is 7.07. The maximum Gasteiger partial charge on any atom is 0.0839 e. The maximum absolute atomic E-state index is 3.54. The van der Waals surface area contributed by atoms with Crippen LogP contribution in [0.2, 0.25) is 0 Å². The van der Waals surface area contributed by atoms with E-state index in [0.29, 0.717) is 12.1 Å². The monoisotopic (exact) mass is 220 g/mol. The van der Waals surface area contributed by atoms with E-state index in [-0.39, 0.29) is 6.17 Å². The summed E-state index contributed by atoms with van der Waals surface area (Å²) < 4.78 is 0. The van der Waals surface area contributed by atoms with Crippen molar-refractivity contribution in [2.75, 3.05) is 0 Å². The van der Waals surface area contributed by atoms with Gasteiger partial charge in [-0.25, -0.2) is 0 Å². The first-order valence-corrected chi connectivity index (χ1v) is 6.07. The highest BCUT2D eigenvalue weighted by Crippen LogP contribution is 2.12. The summed E-state index contributed by atoms with van der Waals surface area (Å²) in [6.45, 7) is 10.8. The molecule has 16 heavy (non-hydrogen) atoms. The van der Waals surface area contributed by atoms with Gasteiger partial charge in [0.15, 0.2) is 0 Å². The van der Waals surface area contributed by atoms with Crippen LogP contribution in [0, 0.1) is 6.92 Å². The lowest BCUT2D eigenvalue weighted by molar-refractivity contribution is 0.376. The third-order valence-electron chi connectivity index (χ3n) is 2.41. The molecule has 0 saturated heterocycles. The standard InChI is InChI=1S/C14H24N2/c1-10(2)15-14(16-11(3)4)13-8-6-12(5)7-9-13/h6-11,14-16H,1-5H3. The molecule has 0 aromatic heterocycles. The molecule has 0 aliphatic carbocycles. The quantitative estimate of drug-likeness (QED) is 0.745. The van der Waals surface area contributed by atoms with Crippen molar-refractivity contribution in [2.45, 2.75) is 52.9 Å². The summed E-state index contributed by atoms with van der Waals surface area (Å²) in [4.78, 5) is 0. The van der Waals surface area contributed by atoms with Crippen LogP contribution in [0.25, 0.3) is 0 Å². The van der Waals surface area contributed by atoms with Crippen molar-refractivity contribution in [3.8, 4) is 0 Å². The van der Waals surface area contributed by atoms with Crippen LogP contribution in [-0.4, -0.2) is 12.1 Å². The van der Waals surface area contributed by atoms with Crippen molar-refractivity contribution >= 4 is 0 Å². The Morgan fingerprint density at radius 3 is 1.62 bits per heavy atom. The molecule has 0 heterocycles.